The van der Waals surface area contributed by atoms with Gasteiger partial charge in [-0.3, -0.25) is 9.59 Å². The number of nitrogens with zero attached hydrogens (tertiary/aromatic N) is 1. The minimum atomic E-state index is -0.418. The number of esters is 1. The Morgan fingerprint density at radius 2 is 2.27 bits per heavy atom. The molecule has 0 unspecified atom stereocenters. The number of hydrogen-bond donors (Lipinski definition) is 1. The third-order valence-corrected chi connectivity index (χ3v) is 1.40. The van der Waals surface area contributed by atoms with Crippen molar-refractivity contribution in [1.29, 1.82) is 0 Å². The Labute approximate surface area is 63.5 Å². The molecule has 1 N–H and O–H groups in total. The lowest BCUT2D eigenvalue weighted by Crippen LogP contribution is -2.45. The van der Waals surface area contributed by atoms with E-state index < -0.39 is 5.97 Å². The maximum atomic E-state index is 10.9. The van der Waals surface area contributed by atoms with Gasteiger partial charge in [0, 0.05) is 6.54 Å². The summed E-state index contributed by atoms with van der Waals surface area (Å²) in [6, 6.07) is 0. The van der Waals surface area contributed by atoms with Gasteiger partial charge in [0.1, 0.15) is 6.54 Å². The Bertz CT molecular complexity index is 179. The SMILES string of the molecule is O=C1CN(CCO)C(=O)CO1. The topological polar surface area (TPSA) is 66.8 Å². The van der Waals surface area contributed by atoms with Gasteiger partial charge in [0.2, 0.25) is 0 Å². The Kier molecular flexibility index (Phi) is 2.43. The largest absolute Gasteiger partial charge is 0.454 e. The first kappa shape index (κ1) is 8.00. The Morgan fingerprint density at radius 1 is 1.55 bits per heavy atom. The Hall–Kier alpha value is -1.10. The molecule has 11 heavy (non-hydrogen) atoms. The molecule has 0 radical (unpaired) electrons. The number of aliphatic hydroxyl groups is 1. The highest BCUT2D eigenvalue weighted by molar-refractivity contribution is 5.87. The number of ether oxygens (including phenoxy) is 1. The molecule has 1 heterocycles. The zero-order valence-corrected chi connectivity index (χ0v) is 5.95. The van der Waals surface area contributed by atoms with Crippen LogP contribution in [0.5, 0.6) is 0 Å². The van der Waals surface area contributed by atoms with Crippen LogP contribution in [0.1, 0.15) is 0 Å². The van der Waals surface area contributed by atoms with E-state index in [-0.39, 0.29) is 32.2 Å². The number of β-amino-alcohol motifs (C(OH)–C–C–N with tert-alkyl or cyclic N) is 1. The van der Waals surface area contributed by atoms with Crippen LogP contribution in [-0.2, 0) is 14.3 Å². The minimum Gasteiger partial charge on any atom is -0.454 e. The van der Waals surface area contributed by atoms with Crippen molar-refractivity contribution in [2.24, 2.45) is 0 Å². The van der Waals surface area contributed by atoms with Gasteiger partial charge in [-0.25, -0.2) is 0 Å². The van der Waals surface area contributed by atoms with E-state index in [0.717, 1.165) is 0 Å². The number of carbonyl (C=O) groups is 2. The maximum Gasteiger partial charge on any atom is 0.326 e. The molecule has 0 saturated carbocycles. The molecule has 1 amide bonds. The van der Waals surface area contributed by atoms with Crippen LogP contribution in [0.3, 0.4) is 0 Å². The molecule has 1 aliphatic rings. The number of carbonyl (C=O) groups excluding carboxylic acids is 2. The fraction of sp³-hybridized carbons (Fsp3) is 0.667. The first-order valence-electron chi connectivity index (χ1n) is 3.28. The monoisotopic (exact) mass is 159 g/mol. The van der Waals surface area contributed by atoms with E-state index >= 15 is 0 Å². The average Bonchev–Trinajstić information content (AvgIpc) is 1.98. The summed E-state index contributed by atoms with van der Waals surface area (Å²) in [5.41, 5.74) is 0. The predicted molar refractivity (Wildman–Crippen MR) is 34.6 cm³/mol. The van der Waals surface area contributed by atoms with Gasteiger partial charge in [-0.2, -0.15) is 0 Å². The van der Waals surface area contributed by atoms with E-state index in [1.54, 1.807) is 0 Å². The zero-order valence-electron chi connectivity index (χ0n) is 5.95. The van der Waals surface area contributed by atoms with Crippen LogP contribution in [0.15, 0.2) is 0 Å². The molecule has 0 aromatic carbocycles. The fourth-order valence-electron chi connectivity index (χ4n) is 0.848. The second-order valence-electron chi connectivity index (χ2n) is 2.20. The number of morpholine rings is 1. The molecule has 0 atom stereocenters. The van der Waals surface area contributed by atoms with Gasteiger partial charge in [-0.15, -0.1) is 0 Å². The van der Waals surface area contributed by atoms with Crippen LogP contribution in [0, 0.1) is 0 Å². The van der Waals surface area contributed by atoms with Crippen molar-refractivity contribution in [3.05, 3.63) is 0 Å². The first-order valence-corrected chi connectivity index (χ1v) is 3.28. The van der Waals surface area contributed by atoms with E-state index in [9.17, 15) is 9.59 Å². The molecule has 62 valence electrons. The van der Waals surface area contributed by atoms with Gasteiger partial charge >= 0.3 is 5.97 Å². The molecule has 1 rings (SSSR count). The number of rotatable bonds is 2. The second-order valence-corrected chi connectivity index (χ2v) is 2.20. The summed E-state index contributed by atoms with van der Waals surface area (Å²) < 4.78 is 4.45. The lowest BCUT2D eigenvalue weighted by molar-refractivity contribution is -0.162. The summed E-state index contributed by atoms with van der Waals surface area (Å²) in [5, 5.41) is 8.48. The van der Waals surface area contributed by atoms with Crippen molar-refractivity contribution in [2.75, 3.05) is 26.3 Å². The van der Waals surface area contributed by atoms with E-state index in [1.807, 2.05) is 0 Å². The highest BCUT2D eigenvalue weighted by Gasteiger charge is 2.23. The van der Waals surface area contributed by atoms with Crippen molar-refractivity contribution in [2.45, 2.75) is 0 Å². The van der Waals surface area contributed by atoms with Crippen molar-refractivity contribution >= 4 is 11.9 Å². The van der Waals surface area contributed by atoms with Crippen molar-refractivity contribution in [1.82, 2.24) is 4.90 Å². The molecule has 1 aliphatic heterocycles. The standard InChI is InChI=1S/C6H9NO4/c8-2-1-7-3-6(10)11-4-5(7)9/h8H,1-4H2. The van der Waals surface area contributed by atoms with Crippen LogP contribution < -0.4 is 0 Å². The summed E-state index contributed by atoms with van der Waals surface area (Å²) in [5.74, 6) is -0.670. The van der Waals surface area contributed by atoms with E-state index in [2.05, 4.69) is 4.74 Å². The summed E-state index contributed by atoms with van der Waals surface area (Å²) >= 11 is 0. The number of hydrogen-bond acceptors (Lipinski definition) is 4. The summed E-state index contributed by atoms with van der Waals surface area (Å²) in [4.78, 5) is 22.7. The second kappa shape index (κ2) is 3.34. The Balaban J connectivity index is 2.47. The average molecular weight is 159 g/mol. The van der Waals surface area contributed by atoms with Crippen molar-refractivity contribution in [3.63, 3.8) is 0 Å². The molecule has 5 nitrogen and oxygen atoms in total. The lowest BCUT2D eigenvalue weighted by Gasteiger charge is -2.24. The lowest BCUT2D eigenvalue weighted by atomic mass is 10.4. The van der Waals surface area contributed by atoms with Gasteiger partial charge in [0.25, 0.3) is 5.91 Å². The molecule has 0 spiro atoms. The fourth-order valence-corrected chi connectivity index (χ4v) is 0.848. The zero-order chi connectivity index (χ0) is 8.27. The number of aliphatic hydroxyl groups excluding tert-OH is 1. The highest BCUT2D eigenvalue weighted by Crippen LogP contribution is 1.98. The van der Waals surface area contributed by atoms with Gasteiger partial charge in [-0.1, -0.05) is 0 Å². The molecule has 0 aromatic heterocycles. The van der Waals surface area contributed by atoms with Crippen LogP contribution in [-0.4, -0.2) is 48.2 Å². The molecule has 1 fully saturated rings. The molecule has 5 heteroatoms. The summed E-state index contributed by atoms with van der Waals surface area (Å²) in [6.45, 7) is -0.162. The number of cyclic esters (lactones) is 1. The molecule has 1 saturated heterocycles. The van der Waals surface area contributed by atoms with Crippen LogP contribution in [0.2, 0.25) is 0 Å². The van der Waals surface area contributed by atoms with Crippen LogP contribution >= 0.6 is 0 Å². The summed E-state index contributed by atoms with van der Waals surface area (Å²) in [7, 11) is 0. The Morgan fingerprint density at radius 3 is 2.91 bits per heavy atom. The normalized spacial score (nSPS) is 18.5. The first-order chi connectivity index (χ1) is 5.24. The minimum absolute atomic E-state index is 0.0423. The molecular formula is C6H9NO4. The third-order valence-electron chi connectivity index (χ3n) is 1.40. The van der Waals surface area contributed by atoms with Crippen LogP contribution in [0.25, 0.3) is 0 Å². The highest BCUT2D eigenvalue weighted by atomic mass is 16.5. The molecule has 0 aliphatic carbocycles. The van der Waals surface area contributed by atoms with Gasteiger partial charge < -0.3 is 14.7 Å². The van der Waals surface area contributed by atoms with Gasteiger partial charge in [0.05, 0.1) is 6.61 Å². The summed E-state index contributed by atoms with van der Waals surface area (Å²) in [6.07, 6.45) is 0. The van der Waals surface area contributed by atoms with Gasteiger partial charge in [0.15, 0.2) is 6.61 Å². The van der Waals surface area contributed by atoms with E-state index in [1.165, 1.54) is 4.90 Å². The smallest absolute Gasteiger partial charge is 0.326 e. The molecule has 0 aromatic rings. The van der Waals surface area contributed by atoms with E-state index in [0.29, 0.717) is 0 Å². The number of amides is 1. The third kappa shape index (κ3) is 1.91. The molecule has 0 bridgehead atoms. The predicted octanol–water partition coefficient (Wildman–Crippen LogP) is -1.64. The maximum absolute atomic E-state index is 10.9. The molecular weight excluding hydrogens is 150 g/mol. The van der Waals surface area contributed by atoms with E-state index in [4.69, 9.17) is 5.11 Å². The van der Waals surface area contributed by atoms with Crippen molar-refractivity contribution < 1.29 is 19.4 Å². The van der Waals surface area contributed by atoms with Crippen molar-refractivity contribution in [3.8, 4) is 0 Å². The van der Waals surface area contributed by atoms with Gasteiger partial charge in [-0.05, 0) is 0 Å². The van der Waals surface area contributed by atoms with Crippen LogP contribution in [0.4, 0.5) is 0 Å². The quantitative estimate of drug-likeness (QED) is 0.491.